The lowest BCUT2D eigenvalue weighted by Crippen LogP contribution is -2.14. The second-order valence-corrected chi connectivity index (χ2v) is 8.24. The molecule has 1 atom stereocenters. The summed E-state index contributed by atoms with van der Waals surface area (Å²) < 4.78 is 35.0. The molecule has 120 valence electrons. The van der Waals surface area contributed by atoms with Gasteiger partial charge in [-0.25, -0.2) is 8.42 Å². The van der Waals surface area contributed by atoms with E-state index >= 15 is 0 Å². The second-order valence-electron chi connectivity index (χ2n) is 5.92. The minimum atomic E-state index is -3.55. The van der Waals surface area contributed by atoms with Crippen LogP contribution in [0.3, 0.4) is 0 Å². The molecule has 8 nitrogen and oxygen atoms in total. The Morgan fingerprint density at radius 2 is 1.86 bits per heavy atom. The van der Waals surface area contributed by atoms with E-state index in [0.717, 1.165) is 12.8 Å². The largest absolute Gasteiger partial charge is 0.339 e. The van der Waals surface area contributed by atoms with Crippen molar-refractivity contribution < 1.29 is 17.5 Å². The molecule has 1 aliphatic carbocycles. The van der Waals surface area contributed by atoms with Crippen LogP contribution in [-0.4, -0.2) is 28.7 Å². The highest BCUT2D eigenvalue weighted by molar-refractivity contribution is 7.90. The molecule has 22 heavy (non-hydrogen) atoms. The van der Waals surface area contributed by atoms with Gasteiger partial charge in [-0.15, -0.1) is 0 Å². The van der Waals surface area contributed by atoms with Crippen LogP contribution >= 0.6 is 0 Å². The van der Waals surface area contributed by atoms with Crippen molar-refractivity contribution in [2.75, 3.05) is 0 Å². The summed E-state index contributed by atoms with van der Waals surface area (Å²) in [7, 11) is -3.55. The Morgan fingerprint density at radius 3 is 2.45 bits per heavy atom. The lowest BCUT2D eigenvalue weighted by molar-refractivity contribution is 0.368. The van der Waals surface area contributed by atoms with Crippen molar-refractivity contribution >= 4 is 9.84 Å². The van der Waals surface area contributed by atoms with Gasteiger partial charge >= 0.3 is 0 Å². The predicted octanol–water partition coefficient (Wildman–Crippen LogP) is 2.13. The minimum Gasteiger partial charge on any atom is -0.339 e. The summed E-state index contributed by atoms with van der Waals surface area (Å²) in [6, 6.07) is 0. The third kappa shape index (κ3) is 3.03. The molecule has 0 spiro atoms. The average molecular weight is 326 g/mol. The van der Waals surface area contributed by atoms with Gasteiger partial charge in [-0.2, -0.15) is 9.97 Å². The van der Waals surface area contributed by atoms with Crippen molar-refractivity contribution in [1.82, 2.24) is 20.3 Å². The van der Waals surface area contributed by atoms with Gasteiger partial charge in [-0.3, -0.25) is 0 Å². The van der Waals surface area contributed by atoms with Crippen LogP contribution in [0.1, 0.15) is 74.1 Å². The zero-order valence-corrected chi connectivity index (χ0v) is 13.5. The molecule has 1 fully saturated rings. The summed E-state index contributed by atoms with van der Waals surface area (Å²) >= 11 is 0. The zero-order chi connectivity index (χ0) is 15.9. The molecule has 9 heteroatoms. The van der Waals surface area contributed by atoms with Gasteiger partial charge in [0.15, 0.2) is 21.5 Å². The average Bonchev–Trinajstić information content (AvgIpc) is 3.00. The molecule has 0 aromatic carbocycles. The number of hydrogen-bond acceptors (Lipinski definition) is 8. The molecule has 2 heterocycles. The molecule has 0 unspecified atom stereocenters. The Labute approximate surface area is 128 Å². The summed E-state index contributed by atoms with van der Waals surface area (Å²) in [4.78, 5) is 8.28. The van der Waals surface area contributed by atoms with E-state index in [1.54, 1.807) is 0 Å². The molecule has 1 aliphatic rings. The van der Waals surface area contributed by atoms with E-state index in [0.29, 0.717) is 17.6 Å². The fourth-order valence-electron chi connectivity index (χ4n) is 1.93. The van der Waals surface area contributed by atoms with E-state index in [2.05, 4.69) is 20.3 Å². The molecule has 3 rings (SSSR count). The SMILES string of the molecule is CC(C)c1noc([C@H](C)S(=O)(=O)Cc2noc(C3CC3)n2)n1. The first-order chi connectivity index (χ1) is 10.4. The molecule has 0 bridgehead atoms. The number of sulfone groups is 1. The van der Waals surface area contributed by atoms with Gasteiger partial charge in [0.05, 0.1) is 0 Å². The Balaban J connectivity index is 1.75. The van der Waals surface area contributed by atoms with Crippen molar-refractivity contribution in [3.05, 3.63) is 23.4 Å². The Morgan fingerprint density at radius 1 is 1.14 bits per heavy atom. The van der Waals surface area contributed by atoms with Crippen molar-refractivity contribution in [2.45, 2.75) is 56.5 Å². The molecule has 0 amide bonds. The van der Waals surface area contributed by atoms with Gasteiger partial charge in [0.25, 0.3) is 0 Å². The van der Waals surface area contributed by atoms with E-state index in [4.69, 9.17) is 9.05 Å². The van der Waals surface area contributed by atoms with Crippen LogP contribution in [0.25, 0.3) is 0 Å². The molecule has 2 aromatic heterocycles. The van der Waals surface area contributed by atoms with E-state index in [9.17, 15) is 8.42 Å². The van der Waals surface area contributed by atoms with Crippen LogP contribution in [-0.2, 0) is 15.6 Å². The molecular formula is C13H18N4O4S. The van der Waals surface area contributed by atoms with E-state index < -0.39 is 15.1 Å². The predicted molar refractivity (Wildman–Crippen MR) is 75.7 cm³/mol. The summed E-state index contributed by atoms with van der Waals surface area (Å²) in [5.41, 5.74) is 0. The maximum Gasteiger partial charge on any atom is 0.244 e. The van der Waals surface area contributed by atoms with Crippen LogP contribution in [0.5, 0.6) is 0 Å². The third-order valence-corrected chi connectivity index (χ3v) is 5.54. The fraction of sp³-hybridized carbons (Fsp3) is 0.692. The molecule has 1 saturated carbocycles. The van der Waals surface area contributed by atoms with E-state index in [1.807, 2.05) is 13.8 Å². The minimum absolute atomic E-state index is 0.0747. The quantitative estimate of drug-likeness (QED) is 0.793. The van der Waals surface area contributed by atoms with Crippen molar-refractivity contribution in [1.29, 1.82) is 0 Å². The normalized spacial score (nSPS) is 17.1. The summed E-state index contributed by atoms with van der Waals surface area (Å²) in [5.74, 6) is 1.36. The lowest BCUT2D eigenvalue weighted by Gasteiger charge is -2.06. The summed E-state index contributed by atoms with van der Waals surface area (Å²) in [6.45, 7) is 5.34. The lowest BCUT2D eigenvalue weighted by atomic mass is 10.2. The Bertz CT molecular complexity index is 761. The molecule has 0 aliphatic heterocycles. The molecule has 0 radical (unpaired) electrons. The van der Waals surface area contributed by atoms with Crippen LogP contribution in [0.2, 0.25) is 0 Å². The van der Waals surface area contributed by atoms with Gasteiger partial charge in [0.1, 0.15) is 11.0 Å². The second kappa shape index (κ2) is 5.45. The monoisotopic (exact) mass is 326 g/mol. The van der Waals surface area contributed by atoms with Gasteiger partial charge in [-0.1, -0.05) is 24.2 Å². The standard InChI is InChI=1S/C13H18N4O4S/c1-7(2)11-15-12(20-17-11)8(3)22(18,19)6-10-14-13(21-16-10)9-4-5-9/h7-9H,4-6H2,1-3H3/t8-/m0/s1. The van der Waals surface area contributed by atoms with Crippen LogP contribution in [0.15, 0.2) is 9.05 Å². The van der Waals surface area contributed by atoms with Crippen LogP contribution < -0.4 is 0 Å². The highest BCUT2D eigenvalue weighted by Crippen LogP contribution is 2.39. The first-order valence-electron chi connectivity index (χ1n) is 7.24. The van der Waals surface area contributed by atoms with Crippen molar-refractivity contribution in [3.63, 3.8) is 0 Å². The van der Waals surface area contributed by atoms with Crippen LogP contribution in [0.4, 0.5) is 0 Å². The highest BCUT2D eigenvalue weighted by Gasteiger charge is 2.33. The Hall–Kier alpha value is -1.77. The van der Waals surface area contributed by atoms with E-state index in [1.165, 1.54) is 6.92 Å². The first-order valence-corrected chi connectivity index (χ1v) is 8.96. The summed E-state index contributed by atoms with van der Waals surface area (Å²) in [6.07, 6.45) is 2.04. The zero-order valence-electron chi connectivity index (χ0n) is 12.7. The number of rotatable bonds is 6. The third-order valence-electron chi connectivity index (χ3n) is 3.60. The number of nitrogens with zero attached hydrogens (tertiary/aromatic N) is 4. The molecule has 0 N–H and O–H groups in total. The molecule has 2 aromatic rings. The molecule has 0 saturated heterocycles. The van der Waals surface area contributed by atoms with Crippen molar-refractivity contribution in [3.8, 4) is 0 Å². The van der Waals surface area contributed by atoms with Gasteiger partial charge in [0, 0.05) is 11.8 Å². The molecular weight excluding hydrogens is 308 g/mol. The van der Waals surface area contributed by atoms with E-state index in [-0.39, 0.29) is 23.4 Å². The topological polar surface area (TPSA) is 112 Å². The van der Waals surface area contributed by atoms with Crippen LogP contribution in [0, 0.1) is 0 Å². The number of hydrogen-bond donors (Lipinski definition) is 0. The smallest absolute Gasteiger partial charge is 0.244 e. The van der Waals surface area contributed by atoms with Gasteiger partial charge in [0.2, 0.25) is 11.8 Å². The summed E-state index contributed by atoms with van der Waals surface area (Å²) in [5, 5.41) is 6.63. The Kier molecular flexibility index (Phi) is 3.75. The fourth-order valence-corrected chi connectivity index (χ4v) is 3.06. The van der Waals surface area contributed by atoms with Gasteiger partial charge < -0.3 is 9.05 Å². The number of aromatic nitrogens is 4. The maximum atomic E-state index is 12.4. The van der Waals surface area contributed by atoms with Gasteiger partial charge in [-0.05, 0) is 19.8 Å². The van der Waals surface area contributed by atoms with Crippen molar-refractivity contribution in [2.24, 2.45) is 0 Å². The maximum absolute atomic E-state index is 12.4. The highest BCUT2D eigenvalue weighted by atomic mass is 32.2. The first kappa shape index (κ1) is 15.1.